The number of esters is 2. The molecule has 0 aliphatic heterocycles. The van der Waals surface area contributed by atoms with Crippen molar-refractivity contribution in [3.05, 3.63) is 35.4 Å². The summed E-state index contributed by atoms with van der Waals surface area (Å²) in [5.41, 5.74) is 2.60. The molecule has 0 bridgehead atoms. The molecule has 0 fully saturated rings. The van der Waals surface area contributed by atoms with Crippen LogP contribution >= 0.6 is 27.7 Å². The highest BCUT2D eigenvalue weighted by molar-refractivity contribution is 9.09. The Morgan fingerprint density at radius 1 is 1.14 bits per heavy atom. The summed E-state index contributed by atoms with van der Waals surface area (Å²) in [6.45, 7) is 9.04. The van der Waals surface area contributed by atoms with Crippen LogP contribution in [0.25, 0.3) is 0 Å². The predicted octanol–water partition coefficient (Wildman–Crippen LogP) is 6.11. The molecule has 1 aromatic carbocycles. The quantitative estimate of drug-likeness (QED) is 0.234. The molecule has 164 valence electrons. The molecule has 0 saturated carbocycles. The van der Waals surface area contributed by atoms with Crippen LogP contribution in [0.1, 0.15) is 69.3 Å². The highest BCUT2D eigenvalue weighted by atomic mass is 79.9. The minimum atomic E-state index is -0.142. The normalized spacial score (nSPS) is 12.4. The first-order valence-electron chi connectivity index (χ1n) is 10.4. The lowest BCUT2D eigenvalue weighted by atomic mass is 9.88. The van der Waals surface area contributed by atoms with Crippen LogP contribution in [0.4, 0.5) is 0 Å². The molecule has 4 nitrogen and oxygen atoms in total. The molecule has 0 aliphatic rings. The summed E-state index contributed by atoms with van der Waals surface area (Å²) >= 11 is 5.48. The molecule has 1 unspecified atom stereocenters. The van der Waals surface area contributed by atoms with Crippen LogP contribution in [0.2, 0.25) is 0 Å². The Kier molecular flexibility index (Phi) is 12.6. The van der Waals surface area contributed by atoms with Crippen molar-refractivity contribution in [1.82, 2.24) is 0 Å². The molecule has 1 rings (SSSR count). The Hall–Kier alpha value is -1.01. The third-order valence-corrected chi connectivity index (χ3v) is 6.98. The second-order valence-corrected chi connectivity index (χ2v) is 9.96. The van der Waals surface area contributed by atoms with Gasteiger partial charge in [-0.3, -0.25) is 9.59 Å². The zero-order valence-electron chi connectivity index (χ0n) is 18.2. The second-order valence-electron chi connectivity index (χ2n) is 7.87. The number of rotatable bonds is 14. The lowest BCUT2D eigenvalue weighted by Crippen LogP contribution is -2.17. The van der Waals surface area contributed by atoms with Crippen molar-refractivity contribution < 1.29 is 19.1 Å². The van der Waals surface area contributed by atoms with Gasteiger partial charge in [-0.25, -0.2) is 0 Å². The summed E-state index contributed by atoms with van der Waals surface area (Å²) < 4.78 is 9.98. The lowest BCUT2D eigenvalue weighted by molar-refractivity contribution is -0.143. The smallest absolute Gasteiger partial charge is 0.315 e. The minimum Gasteiger partial charge on any atom is -0.466 e. The van der Waals surface area contributed by atoms with Gasteiger partial charge in [-0.05, 0) is 55.4 Å². The van der Waals surface area contributed by atoms with Gasteiger partial charge in [0.2, 0.25) is 0 Å². The molecule has 0 amide bonds. The van der Waals surface area contributed by atoms with Crippen molar-refractivity contribution in [2.45, 2.75) is 64.6 Å². The maximum Gasteiger partial charge on any atom is 0.315 e. The molecule has 0 aliphatic carbocycles. The molecule has 29 heavy (non-hydrogen) atoms. The number of carbonyl (C=O) groups excluding carboxylic acids is 2. The van der Waals surface area contributed by atoms with Crippen LogP contribution in [0.15, 0.2) is 24.3 Å². The molecule has 1 atom stereocenters. The van der Waals surface area contributed by atoms with Gasteiger partial charge < -0.3 is 9.47 Å². The third kappa shape index (κ3) is 11.7. The average Bonchev–Trinajstić information content (AvgIpc) is 2.66. The molecule has 6 heteroatoms. The molecular formula is C23H35BrO4S. The van der Waals surface area contributed by atoms with E-state index in [0.717, 1.165) is 30.6 Å². The Morgan fingerprint density at radius 2 is 1.83 bits per heavy atom. The monoisotopic (exact) mass is 486 g/mol. The van der Waals surface area contributed by atoms with E-state index in [9.17, 15) is 9.59 Å². The fourth-order valence-electron chi connectivity index (χ4n) is 3.03. The number of alkyl halides is 1. The number of thioether (sulfide) groups is 1. The number of ether oxygens (including phenoxy) is 2. The van der Waals surface area contributed by atoms with Gasteiger partial charge in [0.15, 0.2) is 0 Å². The van der Waals surface area contributed by atoms with E-state index in [1.165, 1.54) is 5.56 Å². The van der Waals surface area contributed by atoms with Gasteiger partial charge in [0, 0.05) is 11.2 Å². The highest BCUT2D eigenvalue weighted by Gasteiger charge is 2.19. The molecule has 0 spiro atoms. The summed E-state index contributed by atoms with van der Waals surface area (Å²) in [6, 6.07) is 8.43. The summed E-state index contributed by atoms with van der Waals surface area (Å²) in [5.74, 6) is 1.10. The second kappa shape index (κ2) is 14.1. The summed E-state index contributed by atoms with van der Waals surface area (Å²) in [5, 5.41) is 0. The first-order chi connectivity index (χ1) is 13.8. The molecule has 0 radical (unpaired) electrons. The van der Waals surface area contributed by atoms with Gasteiger partial charge in [0.1, 0.15) is 0 Å². The van der Waals surface area contributed by atoms with Crippen LogP contribution in [0.3, 0.4) is 0 Å². The first-order valence-corrected chi connectivity index (χ1v) is 12.5. The summed E-state index contributed by atoms with van der Waals surface area (Å²) in [4.78, 5) is 23.3. The van der Waals surface area contributed by atoms with Crippen LogP contribution < -0.4 is 0 Å². The van der Waals surface area contributed by atoms with E-state index >= 15 is 0 Å². The lowest BCUT2D eigenvalue weighted by Gasteiger charge is -2.24. The van der Waals surface area contributed by atoms with Crippen molar-refractivity contribution in [2.75, 3.05) is 24.7 Å². The van der Waals surface area contributed by atoms with Crippen molar-refractivity contribution in [3.8, 4) is 0 Å². The molecule has 0 N–H and O–H groups in total. The Bertz CT molecular complexity index is 633. The molecule has 0 heterocycles. The predicted molar refractivity (Wildman–Crippen MR) is 125 cm³/mol. The van der Waals surface area contributed by atoms with Gasteiger partial charge in [0.25, 0.3) is 0 Å². The van der Waals surface area contributed by atoms with Gasteiger partial charge in [-0.2, -0.15) is 0 Å². The van der Waals surface area contributed by atoms with Crippen LogP contribution in [-0.4, -0.2) is 36.7 Å². The standard InChI is InChI=1S/C23H35BrO4S/c1-5-27-21(25)13-12-18-9-7-10-19(15-18)20(24)11-8-14-23(3,4)17-29-16-22(26)28-6-2/h7,9-10,15,20H,5-6,8,11-14,16-17H2,1-4H3. The number of hydrogen-bond donors (Lipinski definition) is 0. The Balaban J connectivity index is 2.39. The van der Waals surface area contributed by atoms with Crippen molar-refractivity contribution >= 4 is 39.6 Å². The SMILES string of the molecule is CCOC(=O)CCc1cccc(C(Br)CCCC(C)(C)CSCC(=O)OCC)c1. The van der Waals surface area contributed by atoms with Crippen LogP contribution in [0.5, 0.6) is 0 Å². The first kappa shape index (κ1) is 26.0. The minimum absolute atomic E-state index is 0.128. The number of aryl methyl sites for hydroxylation is 1. The zero-order valence-corrected chi connectivity index (χ0v) is 20.6. The van der Waals surface area contributed by atoms with E-state index in [1.807, 2.05) is 13.8 Å². The van der Waals surface area contributed by atoms with Gasteiger partial charge >= 0.3 is 11.9 Å². The van der Waals surface area contributed by atoms with Crippen molar-refractivity contribution in [3.63, 3.8) is 0 Å². The van der Waals surface area contributed by atoms with Crippen molar-refractivity contribution in [1.29, 1.82) is 0 Å². The van der Waals surface area contributed by atoms with E-state index in [-0.39, 0.29) is 17.4 Å². The average molecular weight is 488 g/mol. The third-order valence-electron chi connectivity index (χ3n) is 4.57. The van der Waals surface area contributed by atoms with Gasteiger partial charge in [-0.15, -0.1) is 11.8 Å². The fourth-order valence-corrected chi connectivity index (χ4v) is 4.69. The van der Waals surface area contributed by atoms with Gasteiger partial charge in [-0.1, -0.05) is 60.5 Å². The van der Waals surface area contributed by atoms with E-state index in [2.05, 4.69) is 54.0 Å². The summed E-state index contributed by atoms with van der Waals surface area (Å²) in [6.07, 6.45) is 4.38. The largest absolute Gasteiger partial charge is 0.466 e. The van der Waals surface area contributed by atoms with Gasteiger partial charge in [0.05, 0.1) is 19.0 Å². The summed E-state index contributed by atoms with van der Waals surface area (Å²) in [7, 11) is 0. The Morgan fingerprint density at radius 3 is 2.52 bits per heavy atom. The number of carbonyl (C=O) groups is 2. The topological polar surface area (TPSA) is 52.6 Å². The van der Waals surface area contributed by atoms with Crippen LogP contribution in [0, 0.1) is 5.41 Å². The van der Waals surface area contributed by atoms with Crippen LogP contribution in [-0.2, 0) is 25.5 Å². The maximum absolute atomic E-state index is 11.6. The molecule has 0 aromatic heterocycles. The molecule has 0 saturated heterocycles. The maximum atomic E-state index is 11.6. The zero-order chi connectivity index (χ0) is 21.7. The highest BCUT2D eigenvalue weighted by Crippen LogP contribution is 2.33. The molecular weight excluding hydrogens is 452 g/mol. The Labute approximate surface area is 188 Å². The fraction of sp³-hybridized carbons (Fsp3) is 0.652. The van der Waals surface area contributed by atoms with E-state index in [0.29, 0.717) is 36.6 Å². The molecule has 1 aromatic rings. The van der Waals surface area contributed by atoms with E-state index < -0.39 is 0 Å². The van der Waals surface area contributed by atoms with E-state index in [1.54, 1.807) is 11.8 Å². The number of halogens is 1. The van der Waals surface area contributed by atoms with Crippen molar-refractivity contribution in [2.24, 2.45) is 5.41 Å². The number of hydrogen-bond acceptors (Lipinski definition) is 5. The van der Waals surface area contributed by atoms with E-state index in [4.69, 9.17) is 9.47 Å². The number of benzene rings is 1.